The minimum Gasteiger partial charge on any atom is -0.377 e. The van der Waals surface area contributed by atoms with Gasteiger partial charge in [0.15, 0.2) is 0 Å². The zero-order valence-corrected chi connectivity index (χ0v) is 14.1. The Kier molecular flexibility index (Phi) is 5.58. The fraction of sp³-hybridized carbons (Fsp3) is 0.588. The minimum atomic E-state index is -0.456. The molecule has 0 heterocycles. The van der Waals surface area contributed by atoms with Crippen molar-refractivity contribution < 1.29 is 9.72 Å². The van der Waals surface area contributed by atoms with Crippen molar-refractivity contribution in [2.24, 2.45) is 0 Å². The molecule has 0 radical (unpaired) electrons. The Morgan fingerprint density at radius 2 is 1.74 bits per heavy atom. The van der Waals surface area contributed by atoms with Crippen LogP contribution in [0.25, 0.3) is 0 Å². The molecule has 1 fully saturated rings. The molecule has 1 aliphatic rings. The monoisotopic (exact) mass is 319 g/mol. The quantitative estimate of drug-likeness (QED) is 0.484. The lowest BCUT2D eigenvalue weighted by Crippen LogP contribution is -2.37. The fourth-order valence-corrected chi connectivity index (χ4v) is 3.20. The van der Waals surface area contributed by atoms with Crippen LogP contribution in [0.15, 0.2) is 18.2 Å². The van der Waals surface area contributed by atoms with Crippen LogP contribution in [0.2, 0.25) is 0 Å². The lowest BCUT2D eigenvalue weighted by Gasteiger charge is -2.28. The SMILES string of the molecule is CN(C)c1ccc([N+](=O)[O-])cc1C(=O)N(C)C1CCCCCC1. The number of nitro benzene ring substituents is 1. The Labute approximate surface area is 137 Å². The van der Waals surface area contributed by atoms with Gasteiger partial charge >= 0.3 is 0 Å². The van der Waals surface area contributed by atoms with Gasteiger partial charge in [-0.1, -0.05) is 25.7 Å². The van der Waals surface area contributed by atoms with E-state index in [1.807, 2.05) is 26.0 Å². The first-order chi connectivity index (χ1) is 10.9. The Morgan fingerprint density at radius 3 is 2.26 bits per heavy atom. The van der Waals surface area contributed by atoms with Gasteiger partial charge in [-0.3, -0.25) is 14.9 Å². The molecule has 2 rings (SSSR count). The third-order valence-electron chi connectivity index (χ3n) is 4.60. The molecule has 1 aromatic rings. The molecule has 0 saturated heterocycles. The van der Waals surface area contributed by atoms with E-state index in [-0.39, 0.29) is 17.6 Å². The van der Waals surface area contributed by atoms with Crippen LogP contribution in [-0.4, -0.2) is 42.9 Å². The Bertz CT molecular complexity index is 578. The molecule has 1 aromatic carbocycles. The van der Waals surface area contributed by atoms with Gasteiger partial charge in [0.1, 0.15) is 0 Å². The highest BCUT2D eigenvalue weighted by molar-refractivity contribution is 6.00. The van der Waals surface area contributed by atoms with Crippen LogP contribution in [0.3, 0.4) is 0 Å². The lowest BCUT2D eigenvalue weighted by atomic mass is 10.0. The minimum absolute atomic E-state index is 0.0479. The van der Waals surface area contributed by atoms with Crippen molar-refractivity contribution in [2.75, 3.05) is 26.0 Å². The van der Waals surface area contributed by atoms with Crippen molar-refractivity contribution >= 4 is 17.3 Å². The number of non-ortho nitro benzene ring substituents is 1. The number of carbonyl (C=O) groups excluding carboxylic acids is 1. The predicted octanol–water partition coefficient (Wildman–Crippen LogP) is 3.46. The van der Waals surface area contributed by atoms with Gasteiger partial charge in [-0.2, -0.15) is 0 Å². The number of hydrogen-bond donors (Lipinski definition) is 0. The van der Waals surface area contributed by atoms with Crippen LogP contribution in [0, 0.1) is 10.1 Å². The van der Waals surface area contributed by atoms with Gasteiger partial charge in [0.2, 0.25) is 0 Å². The summed E-state index contributed by atoms with van der Waals surface area (Å²) >= 11 is 0. The molecule has 0 bridgehead atoms. The van der Waals surface area contributed by atoms with Gasteiger partial charge in [-0.25, -0.2) is 0 Å². The molecule has 0 atom stereocenters. The van der Waals surface area contributed by atoms with Crippen LogP contribution < -0.4 is 4.90 Å². The molecule has 1 aliphatic carbocycles. The van der Waals surface area contributed by atoms with Crippen molar-refractivity contribution in [2.45, 2.75) is 44.6 Å². The largest absolute Gasteiger partial charge is 0.377 e. The van der Waals surface area contributed by atoms with Gasteiger partial charge < -0.3 is 9.80 Å². The summed E-state index contributed by atoms with van der Waals surface area (Å²) in [5, 5.41) is 11.0. The highest BCUT2D eigenvalue weighted by Gasteiger charge is 2.26. The van der Waals surface area contributed by atoms with Crippen LogP contribution in [0.1, 0.15) is 48.9 Å². The van der Waals surface area contributed by atoms with Gasteiger partial charge in [-0.15, -0.1) is 0 Å². The van der Waals surface area contributed by atoms with E-state index in [9.17, 15) is 14.9 Å². The number of rotatable bonds is 4. The Morgan fingerprint density at radius 1 is 1.13 bits per heavy atom. The van der Waals surface area contributed by atoms with E-state index in [0.29, 0.717) is 11.3 Å². The predicted molar refractivity (Wildman–Crippen MR) is 91.0 cm³/mol. The second kappa shape index (κ2) is 7.44. The molecular formula is C17H25N3O3. The van der Waals surface area contributed by atoms with Gasteiger partial charge in [0, 0.05) is 45.0 Å². The lowest BCUT2D eigenvalue weighted by molar-refractivity contribution is -0.384. The summed E-state index contributed by atoms with van der Waals surface area (Å²) in [5.41, 5.74) is 1.06. The molecular weight excluding hydrogens is 294 g/mol. The molecule has 0 aliphatic heterocycles. The number of nitro groups is 1. The van der Waals surface area contributed by atoms with Crippen molar-refractivity contribution in [3.05, 3.63) is 33.9 Å². The number of anilines is 1. The molecule has 0 spiro atoms. The second-order valence-electron chi connectivity index (χ2n) is 6.41. The third-order valence-corrected chi connectivity index (χ3v) is 4.60. The van der Waals surface area contributed by atoms with Gasteiger partial charge in [0.05, 0.1) is 10.5 Å². The van der Waals surface area contributed by atoms with E-state index in [2.05, 4.69) is 0 Å². The van der Waals surface area contributed by atoms with Crippen LogP contribution >= 0.6 is 0 Å². The topological polar surface area (TPSA) is 66.7 Å². The van der Waals surface area contributed by atoms with Gasteiger partial charge in [-0.05, 0) is 18.9 Å². The molecule has 1 saturated carbocycles. The zero-order chi connectivity index (χ0) is 17.0. The van der Waals surface area contributed by atoms with Crippen LogP contribution in [0.5, 0.6) is 0 Å². The summed E-state index contributed by atoms with van der Waals surface area (Å²) < 4.78 is 0. The average molecular weight is 319 g/mol. The van der Waals surface area contributed by atoms with Crippen molar-refractivity contribution in [1.29, 1.82) is 0 Å². The maximum Gasteiger partial charge on any atom is 0.270 e. The first kappa shape index (κ1) is 17.2. The van der Waals surface area contributed by atoms with Crippen molar-refractivity contribution in [3.63, 3.8) is 0 Å². The van der Waals surface area contributed by atoms with E-state index < -0.39 is 4.92 Å². The molecule has 6 heteroatoms. The molecule has 23 heavy (non-hydrogen) atoms. The highest BCUT2D eigenvalue weighted by atomic mass is 16.6. The summed E-state index contributed by atoms with van der Waals surface area (Å²) in [6, 6.07) is 4.70. The normalized spacial score (nSPS) is 15.8. The molecule has 0 N–H and O–H groups in total. The average Bonchev–Trinajstić information content (AvgIpc) is 2.81. The van der Waals surface area contributed by atoms with E-state index in [4.69, 9.17) is 0 Å². The van der Waals surface area contributed by atoms with Crippen molar-refractivity contribution in [3.8, 4) is 0 Å². The molecule has 1 amide bonds. The number of benzene rings is 1. The summed E-state index contributed by atoms with van der Waals surface area (Å²) in [6.07, 6.45) is 6.73. The Balaban J connectivity index is 2.32. The van der Waals surface area contributed by atoms with E-state index in [1.165, 1.54) is 25.0 Å². The molecule has 126 valence electrons. The summed E-state index contributed by atoms with van der Waals surface area (Å²) in [7, 11) is 5.49. The summed E-state index contributed by atoms with van der Waals surface area (Å²) in [6.45, 7) is 0. The number of hydrogen-bond acceptors (Lipinski definition) is 4. The van der Waals surface area contributed by atoms with E-state index in [1.54, 1.807) is 11.0 Å². The standard InChI is InChI=1S/C17H25N3O3/c1-18(2)16-11-10-14(20(22)23)12-15(16)17(21)19(3)13-8-6-4-5-7-9-13/h10-13H,4-9H2,1-3H3. The third kappa shape index (κ3) is 4.00. The first-order valence-electron chi connectivity index (χ1n) is 8.14. The zero-order valence-electron chi connectivity index (χ0n) is 14.1. The van der Waals surface area contributed by atoms with E-state index in [0.717, 1.165) is 25.7 Å². The fourth-order valence-electron chi connectivity index (χ4n) is 3.20. The van der Waals surface area contributed by atoms with Gasteiger partial charge in [0.25, 0.3) is 11.6 Å². The van der Waals surface area contributed by atoms with Crippen LogP contribution in [-0.2, 0) is 0 Å². The second-order valence-corrected chi connectivity index (χ2v) is 6.41. The maximum atomic E-state index is 12.9. The van der Waals surface area contributed by atoms with E-state index >= 15 is 0 Å². The smallest absolute Gasteiger partial charge is 0.270 e. The van der Waals surface area contributed by atoms with Crippen molar-refractivity contribution in [1.82, 2.24) is 4.90 Å². The number of nitrogens with zero attached hydrogens (tertiary/aromatic N) is 3. The summed E-state index contributed by atoms with van der Waals surface area (Å²) in [4.78, 5) is 27.1. The first-order valence-corrected chi connectivity index (χ1v) is 8.14. The maximum absolute atomic E-state index is 12.9. The number of carbonyl (C=O) groups is 1. The van der Waals surface area contributed by atoms with Crippen LogP contribution in [0.4, 0.5) is 11.4 Å². The Hall–Kier alpha value is -2.11. The summed E-state index contributed by atoms with van der Waals surface area (Å²) in [5.74, 6) is -0.135. The highest BCUT2D eigenvalue weighted by Crippen LogP contribution is 2.28. The molecule has 6 nitrogen and oxygen atoms in total. The molecule has 0 aromatic heterocycles. The number of amides is 1. The molecule has 0 unspecified atom stereocenters.